The minimum atomic E-state index is -3.98. The molecule has 40 heavy (non-hydrogen) atoms. The monoisotopic (exact) mass is 548 g/mol. The van der Waals surface area contributed by atoms with Gasteiger partial charge in [0.15, 0.2) is 0 Å². The summed E-state index contributed by atoms with van der Waals surface area (Å²) in [6.07, 6.45) is 2.31. The molecule has 4 aromatic carbocycles. The van der Waals surface area contributed by atoms with E-state index in [1.807, 2.05) is 98.0 Å². The van der Waals surface area contributed by atoms with E-state index >= 15 is 0 Å². The number of ether oxygens (including phenoxy) is 1. The molecule has 200 valence electrons. The Morgan fingerprint density at radius 3 is 2.10 bits per heavy atom. The first kappa shape index (κ1) is 25.6. The first-order chi connectivity index (χ1) is 19.4. The lowest BCUT2D eigenvalue weighted by Crippen LogP contribution is -2.27. The maximum absolute atomic E-state index is 14.1. The van der Waals surface area contributed by atoms with Crippen molar-refractivity contribution in [2.24, 2.45) is 5.10 Å². The van der Waals surface area contributed by atoms with Crippen LogP contribution in [0.1, 0.15) is 29.2 Å². The molecule has 1 aliphatic rings. The molecule has 0 aliphatic carbocycles. The molecular formula is C32H28N4O3S. The number of methoxy groups -OCH3 is 1. The molecule has 0 saturated carbocycles. The molecule has 2 heterocycles. The van der Waals surface area contributed by atoms with Crippen molar-refractivity contribution < 1.29 is 13.2 Å². The van der Waals surface area contributed by atoms with Crippen molar-refractivity contribution in [2.45, 2.75) is 24.3 Å². The number of aromatic nitrogens is 2. The summed E-state index contributed by atoms with van der Waals surface area (Å²) in [7, 11) is -2.36. The summed E-state index contributed by atoms with van der Waals surface area (Å²) in [6, 6.07) is 33.4. The van der Waals surface area contributed by atoms with E-state index in [1.54, 1.807) is 36.1 Å². The van der Waals surface area contributed by atoms with Crippen LogP contribution >= 0.6 is 0 Å². The Morgan fingerprint density at radius 2 is 1.45 bits per heavy atom. The Bertz CT molecular complexity index is 1760. The second-order valence-electron chi connectivity index (χ2n) is 9.66. The Balaban J connectivity index is 1.51. The lowest BCUT2D eigenvalue weighted by molar-refractivity contribution is 0.372. The smallest absolute Gasteiger partial charge is 0.279 e. The van der Waals surface area contributed by atoms with Crippen molar-refractivity contribution in [1.82, 2.24) is 14.2 Å². The van der Waals surface area contributed by atoms with Crippen molar-refractivity contribution in [2.75, 3.05) is 7.11 Å². The predicted molar refractivity (Wildman–Crippen MR) is 156 cm³/mol. The minimum Gasteiger partial charge on any atom is -0.497 e. The van der Waals surface area contributed by atoms with Crippen molar-refractivity contribution in [3.63, 3.8) is 0 Å². The fraction of sp³-hybridized carbons (Fsp3) is 0.125. The number of para-hydroxylation sites is 1. The van der Waals surface area contributed by atoms with Crippen LogP contribution < -0.4 is 4.74 Å². The number of benzene rings is 4. The van der Waals surface area contributed by atoms with Crippen LogP contribution in [-0.4, -0.2) is 35.4 Å². The maximum atomic E-state index is 14.1. The van der Waals surface area contributed by atoms with Crippen molar-refractivity contribution in [3.8, 4) is 22.7 Å². The molecular weight excluding hydrogens is 520 g/mol. The molecule has 0 N–H and O–H groups in total. The third-order valence-corrected chi connectivity index (χ3v) is 8.73. The van der Waals surface area contributed by atoms with Gasteiger partial charge in [-0.2, -0.15) is 23.0 Å². The van der Waals surface area contributed by atoms with Crippen molar-refractivity contribution in [1.29, 1.82) is 0 Å². The summed E-state index contributed by atoms with van der Waals surface area (Å²) < 4.78 is 36.6. The van der Waals surface area contributed by atoms with Gasteiger partial charge in [-0.15, -0.1) is 0 Å². The van der Waals surface area contributed by atoms with Crippen LogP contribution in [-0.2, 0) is 10.0 Å². The van der Waals surface area contributed by atoms with Crippen LogP contribution in [0.2, 0.25) is 0 Å². The first-order valence-corrected chi connectivity index (χ1v) is 14.4. The minimum absolute atomic E-state index is 0.194. The summed E-state index contributed by atoms with van der Waals surface area (Å²) in [5, 5.41) is 9.69. The Hall–Kier alpha value is -4.69. The number of hydrazone groups is 1. The van der Waals surface area contributed by atoms with Crippen molar-refractivity contribution >= 4 is 15.7 Å². The third-order valence-electron chi connectivity index (χ3n) is 7.03. The highest BCUT2D eigenvalue weighted by molar-refractivity contribution is 7.89. The summed E-state index contributed by atoms with van der Waals surface area (Å²) in [5.41, 5.74) is 5.77. The van der Waals surface area contributed by atoms with Gasteiger partial charge in [0, 0.05) is 23.7 Å². The van der Waals surface area contributed by atoms with E-state index in [0.717, 1.165) is 33.7 Å². The van der Waals surface area contributed by atoms with Crippen LogP contribution in [0.4, 0.5) is 0 Å². The lowest BCUT2D eigenvalue weighted by atomic mass is 9.97. The quantitative estimate of drug-likeness (QED) is 0.236. The zero-order valence-electron chi connectivity index (χ0n) is 22.2. The average molecular weight is 549 g/mol. The Labute approximate surface area is 234 Å². The van der Waals surface area contributed by atoms with Gasteiger partial charge in [-0.05, 0) is 61.0 Å². The molecule has 7 nitrogen and oxygen atoms in total. The summed E-state index contributed by atoms with van der Waals surface area (Å²) >= 11 is 0. The molecule has 0 amide bonds. The zero-order valence-corrected chi connectivity index (χ0v) is 23.0. The van der Waals surface area contributed by atoms with Crippen LogP contribution in [0.3, 0.4) is 0 Å². The predicted octanol–water partition coefficient (Wildman–Crippen LogP) is 6.40. The van der Waals surface area contributed by atoms with Gasteiger partial charge in [0.25, 0.3) is 10.0 Å². The molecule has 0 unspecified atom stereocenters. The van der Waals surface area contributed by atoms with Crippen LogP contribution in [0.15, 0.2) is 125 Å². The Morgan fingerprint density at radius 1 is 0.800 bits per heavy atom. The lowest BCUT2D eigenvalue weighted by Gasteiger charge is -2.23. The van der Waals surface area contributed by atoms with Gasteiger partial charge in [0.2, 0.25) is 0 Å². The van der Waals surface area contributed by atoms with E-state index < -0.39 is 16.1 Å². The van der Waals surface area contributed by atoms with E-state index in [4.69, 9.17) is 14.9 Å². The number of hydrogen-bond donors (Lipinski definition) is 0. The van der Waals surface area contributed by atoms with Crippen LogP contribution in [0, 0.1) is 6.92 Å². The SMILES string of the molecule is COc1ccc(C2=NN(S(=O)(=O)c3ccc(C)cc3)[C@H](c3cn(-c4ccccc4)nc3-c3ccccc3)C2)cc1. The van der Waals surface area contributed by atoms with E-state index in [2.05, 4.69) is 0 Å². The van der Waals surface area contributed by atoms with Crippen molar-refractivity contribution in [3.05, 3.63) is 132 Å². The summed E-state index contributed by atoms with van der Waals surface area (Å²) in [4.78, 5) is 0.194. The van der Waals surface area contributed by atoms with Gasteiger partial charge in [-0.3, -0.25) is 0 Å². The summed E-state index contributed by atoms with van der Waals surface area (Å²) in [6.45, 7) is 1.93. The van der Waals surface area contributed by atoms with Crippen LogP contribution in [0.5, 0.6) is 5.75 Å². The number of hydrogen-bond acceptors (Lipinski definition) is 5. The normalized spacial score (nSPS) is 15.2. The van der Waals surface area contributed by atoms with Crippen LogP contribution in [0.25, 0.3) is 16.9 Å². The fourth-order valence-electron chi connectivity index (χ4n) is 4.88. The third kappa shape index (κ3) is 4.78. The fourth-order valence-corrected chi connectivity index (χ4v) is 6.31. The van der Waals surface area contributed by atoms with E-state index in [9.17, 15) is 8.42 Å². The molecule has 6 rings (SSSR count). The summed E-state index contributed by atoms with van der Waals surface area (Å²) in [5.74, 6) is 0.721. The van der Waals surface area contributed by atoms with Gasteiger partial charge in [-0.25, -0.2) is 4.68 Å². The van der Waals surface area contributed by atoms with E-state index in [-0.39, 0.29) is 4.90 Å². The van der Waals surface area contributed by atoms with E-state index in [0.29, 0.717) is 17.8 Å². The van der Waals surface area contributed by atoms with E-state index in [1.165, 1.54) is 4.41 Å². The number of nitrogens with zero attached hydrogens (tertiary/aromatic N) is 4. The van der Waals surface area contributed by atoms with Gasteiger partial charge in [0.1, 0.15) is 5.75 Å². The standard InChI is InChI=1S/C32H28N4O3S/c1-23-13-19-28(20-14-23)40(37,38)36-31(21-30(33-36)24-15-17-27(39-2)18-16-24)29-22-35(26-11-7-4-8-12-26)34-32(29)25-9-5-3-6-10-25/h3-20,22,31H,21H2,1-2H3/t31-/m0/s1. The second kappa shape index (κ2) is 10.5. The highest BCUT2D eigenvalue weighted by Crippen LogP contribution is 2.41. The van der Waals surface area contributed by atoms with Gasteiger partial charge >= 0.3 is 0 Å². The molecule has 1 atom stereocenters. The molecule has 0 spiro atoms. The maximum Gasteiger partial charge on any atom is 0.279 e. The molecule has 0 fully saturated rings. The first-order valence-electron chi connectivity index (χ1n) is 13.0. The largest absolute Gasteiger partial charge is 0.497 e. The molecule has 0 saturated heterocycles. The second-order valence-corrected chi connectivity index (χ2v) is 11.5. The average Bonchev–Trinajstić information content (AvgIpc) is 3.64. The number of sulfonamides is 1. The van der Waals surface area contributed by atoms with Gasteiger partial charge in [0.05, 0.1) is 35.1 Å². The van der Waals surface area contributed by atoms with Gasteiger partial charge in [-0.1, -0.05) is 66.2 Å². The molecule has 1 aliphatic heterocycles. The zero-order chi connectivity index (χ0) is 27.7. The topological polar surface area (TPSA) is 76.8 Å². The Kier molecular flexibility index (Phi) is 6.69. The molecule has 1 aromatic heterocycles. The number of rotatable bonds is 7. The molecule has 8 heteroatoms. The van der Waals surface area contributed by atoms with Gasteiger partial charge < -0.3 is 4.74 Å². The highest BCUT2D eigenvalue weighted by Gasteiger charge is 2.40. The molecule has 0 radical (unpaired) electrons. The highest BCUT2D eigenvalue weighted by atomic mass is 32.2. The molecule has 0 bridgehead atoms. The number of aryl methyl sites for hydroxylation is 1. The molecule has 5 aromatic rings.